The molecular formula is C12H19N. The van der Waals surface area contributed by atoms with Crippen LogP contribution in [0.5, 0.6) is 0 Å². The summed E-state index contributed by atoms with van der Waals surface area (Å²) in [6, 6.07) is 2.53. The molecular weight excluding hydrogens is 158 g/mol. The van der Waals surface area contributed by atoms with Gasteiger partial charge >= 0.3 is 0 Å². The molecule has 0 spiro atoms. The Morgan fingerprint density at radius 1 is 1.31 bits per heavy atom. The Labute approximate surface area is 81.5 Å². The van der Waals surface area contributed by atoms with Crippen LogP contribution in [0.15, 0.2) is 11.1 Å². The second-order valence-corrected chi connectivity index (χ2v) is 4.66. The van der Waals surface area contributed by atoms with Gasteiger partial charge in [0.2, 0.25) is 0 Å². The number of hydrogen-bond acceptors (Lipinski definition) is 1. The molecule has 0 amide bonds. The topological polar surface area (TPSA) is 23.8 Å². The van der Waals surface area contributed by atoms with Gasteiger partial charge < -0.3 is 0 Å². The number of rotatable bonds is 1. The van der Waals surface area contributed by atoms with Crippen molar-refractivity contribution in [3.05, 3.63) is 11.1 Å². The van der Waals surface area contributed by atoms with Gasteiger partial charge in [-0.1, -0.05) is 25.0 Å². The molecule has 0 aromatic rings. The minimum Gasteiger partial charge on any atom is -0.198 e. The first-order chi connectivity index (χ1) is 6.02. The molecule has 0 saturated carbocycles. The van der Waals surface area contributed by atoms with Crippen LogP contribution in [-0.4, -0.2) is 0 Å². The lowest BCUT2D eigenvalue weighted by Gasteiger charge is -2.35. The molecule has 1 heteroatoms. The molecule has 1 aliphatic rings. The van der Waals surface area contributed by atoms with E-state index in [-0.39, 0.29) is 5.41 Å². The first-order valence-corrected chi connectivity index (χ1v) is 5.08. The molecule has 0 aromatic heterocycles. The van der Waals surface area contributed by atoms with Crippen molar-refractivity contribution in [2.24, 2.45) is 11.3 Å². The maximum absolute atomic E-state index is 9.24. The van der Waals surface area contributed by atoms with E-state index in [4.69, 9.17) is 0 Å². The zero-order chi connectivity index (χ0) is 10.1. The molecule has 0 radical (unpaired) electrons. The van der Waals surface area contributed by atoms with Gasteiger partial charge in [-0.25, -0.2) is 0 Å². The highest BCUT2D eigenvalue weighted by Gasteiger charge is 2.36. The van der Waals surface area contributed by atoms with E-state index in [0.29, 0.717) is 5.92 Å². The van der Waals surface area contributed by atoms with Crippen molar-refractivity contribution in [3.63, 3.8) is 0 Å². The van der Waals surface area contributed by atoms with Crippen LogP contribution in [0.25, 0.3) is 0 Å². The zero-order valence-corrected chi connectivity index (χ0v) is 9.15. The molecule has 0 saturated heterocycles. The molecule has 72 valence electrons. The molecule has 1 atom stereocenters. The van der Waals surface area contributed by atoms with Crippen LogP contribution < -0.4 is 0 Å². The normalized spacial score (nSPS) is 29.2. The zero-order valence-electron chi connectivity index (χ0n) is 9.15. The second-order valence-electron chi connectivity index (χ2n) is 4.66. The quantitative estimate of drug-likeness (QED) is 0.560. The SMILES string of the molecule is CC1=C(C)C[C@@](C#N)(C(C)C)CC1. The van der Waals surface area contributed by atoms with E-state index in [0.717, 1.165) is 19.3 Å². The lowest BCUT2D eigenvalue weighted by atomic mass is 9.67. The Hall–Kier alpha value is -0.770. The lowest BCUT2D eigenvalue weighted by molar-refractivity contribution is 0.240. The molecule has 0 N–H and O–H groups in total. The van der Waals surface area contributed by atoms with Gasteiger partial charge in [-0.05, 0) is 39.0 Å². The maximum Gasteiger partial charge on any atom is 0.0695 e. The Morgan fingerprint density at radius 3 is 2.31 bits per heavy atom. The Kier molecular flexibility index (Phi) is 2.81. The summed E-state index contributed by atoms with van der Waals surface area (Å²) in [6.07, 6.45) is 3.13. The van der Waals surface area contributed by atoms with Crippen molar-refractivity contribution >= 4 is 0 Å². The Bertz CT molecular complexity index is 267. The van der Waals surface area contributed by atoms with Gasteiger partial charge in [-0.15, -0.1) is 0 Å². The maximum atomic E-state index is 9.24. The van der Waals surface area contributed by atoms with Crippen LogP contribution in [0, 0.1) is 22.7 Å². The third-order valence-electron chi connectivity index (χ3n) is 3.58. The average Bonchev–Trinajstić information content (AvgIpc) is 2.09. The Morgan fingerprint density at radius 2 is 1.92 bits per heavy atom. The molecule has 0 heterocycles. The van der Waals surface area contributed by atoms with E-state index in [1.807, 2.05) is 0 Å². The van der Waals surface area contributed by atoms with Gasteiger partial charge in [-0.3, -0.25) is 0 Å². The summed E-state index contributed by atoms with van der Waals surface area (Å²) >= 11 is 0. The van der Waals surface area contributed by atoms with Gasteiger partial charge in [0.1, 0.15) is 0 Å². The first-order valence-electron chi connectivity index (χ1n) is 5.08. The molecule has 0 unspecified atom stereocenters. The van der Waals surface area contributed by atoms with Crippen molar-refractivity contribution < 1.29 is 0 Å². The molecule has 0 bridgehead atoms. The monoisotopic (exact) mass is 177 g/mol. The van der Waals surface area contributed by atoms with E-state index in [1.54, 1.807) is 0 Å². The summed E-state index contributed by atoms with van der Waals surface area (Å²) in [5, 5.41) is 9.24. The molecule has 1 nitrogen and oxygen atoms in total. The van der Waals surface area contributed by atoms with E-state index < -0.39 is 0 Å². The molecule has 0 aromatic carbocycles. The largest absolute Gasteiger partial charge is 0.198 e. The van der Waals surface area contributed by atoms with Gasteiger partial charge in [0.05, 0.1) is 11.5 Å². The van der Waals surface area contributed by atoms with Crippen molar-refractivity contribution in [1.82, 2.24) is 0 Å². The summed E-state index contributed by atoms with van der Waals surface area (Å²) in [5.74, 6) is 0.473. The minimum absolute atomic E-state index is 0.0798. The molecule has 1 rings (SSSR count). The average molecular weight is 177 g/mol. The van der Waals surface area contributed by atoms with Gasteiger partial charge in [0, 0.05) is 0 Å². The van der Waals surface area contributed by atoms with Crippen molar-refractivity contribution in [2.45, 2.75) is 47.0 Å². The van der Waals surface area contributed by atoms with E-state index >= 15 is 0 Å². The number of nitriles is 1. The lowest BCUT2D eigenvalue weighted by Crippen LogP contribution is -2.28. The fourth-order valence-corrected chi connectivity index (χ4v) is 2.05. The van der Waals surface area contributed by atoms with Gasteiger partial charge in [0.25, 0.3) is 0 Å². The fourth-order valence-electron chi connectivity index (χ4n) is 2.05. The summed E-state index contributed by atoms with van der Waals surface area (Å²) in [6.45, 7) is 8.69. The van der Waals surface area contributed by atoms with Crippen LogP contribution >= 0.6 is 0 Å². The van der Waals surface area contributed by atoms with E-state index in [2.05, 4.69) is 33.8 Å². The summed E-state index contributed by atoms with van der Waals surface area (Å²) < 4.78 is 0. The molecule has 1 aliphatic carbocycles. The summed E-state index contributed by atoms with van der Waals surface area (Å²) in [4.78, 5) is 0. The molecule has 0 aliphatic heterocycles. The summed E-state index contributed by atoms with van der Waals surface area (Å²) in [5.41, 5.74) is 2.84. The van der Waals surface area contributed by atoms with Crippen molar-refractivity contribution in [2.75, 3.05) is 0 Å². The third kappa shape index (κ3) is 1.77. The van der Waals surface area contributed by atoms with Crippen LogP contribution in [0.1, 0.15) is 47.0 Å². The van der Waals surface area contributed by atoms with Crippen LogP contribution in [0.4, 0.5) is 0 Å². The predicted molar refractivity (Wildman–Crippen MR) is 55.1 cm³/mol. The highest BCUT2D eigenvalue weighted by Crippen LogP contribution is 2.43. The van der Waals surface area contributed by atoms with E-state index in [9.17, 15) is 5.26 Å². The highest BCUT2D eigenvalue weighted by atomic mass is 14.4. The predicted octanol–water partition coefficient (Wildman–Crippen LogP) is 3.67. The number of nitrogens with zero attached hydrogens (tertiary/aromatic N) is 1. The fraction of sp³-hybridized carbons (Fsp3) is 0.750. The Balaban J connectivity index is 2.92. The third-order valence-corrected chi connectivity index (χ3v) is 3.58. The first kappa shape index (κ1) is 10.3. The van der Waals surface area contributed by atoms with E-state index in [1.165, 1.54) is 11.1 Å². The summed E-state index contributed by atoms with van der Waals surface area (Å²) in [7, 11) is 0. The van der Waals surface area contributed by atoms with Crippen LogP contribution in [0.2, 0.25) is 0 Å². The minimum atomic E-state index is -0.0798. The standard InChI is InChI=1S/C12H19N/c1-9(2)12(8-13)6-5-10(3)11(4)7-12/h9H,5-7H2,1-4H3/t12-/m0/s1. The van der Waals surface area contributed by atoms with Crippen LogP contribution in [0.3, 0.4) is 0 Å². The van der Waals surface area contributed by atoms with Crippen LogP contribution in [-0.2, 0) is 0 Å². The second kappa shape index (κ2) is 3.54. The number of hydrogen-bond donors (Lipinski definition) is 0. The smallest absolute Gasteiger partial charge is 0.0695 e. The van der Waals surface area contributed by atoms with Gasteiger partial charge in [0.15, 0.2) is 0 Å². The van der Waals surface area contributed by atoms with Crippen molar-refractivity contribution in [1.29, 1.82) is 5.26 Å². The molecule has 0 fully saturated rings. The highest BCUT2D eigenvalue weighted by molar-refractivity contribution is 5.21. The van der Waals surface area contributed by atoms with Gasteiger partial charge in [-0.2, -0.15) is 5.26 Å². The van der Waals surface area contributed by atoms with Crippen molar-refractivity contribution in [3.8, 4) is 6.07 Å². The number of allylic oxidation sites excluding steroid dienone is 2. The molecule has 13 heavy (non-hydrogen) atoms.